The number of carbonyl (C=O) groups is 1. The van der Waals surface area contributed by atoms with Crippen LogP contribution in [0.4, 0.5) is 0 Å². The Kier molecular flexibility index (Phi) is 2.67. The number of aldehydes is 1. The highest BCUT2D eigenvalue weighted by Gasteiger charge is 2.09. The van der Waals surface area contributed by atoms with Crippen LogP contribution in [0.3, 0.4) is 0 Å². The SMILES string of the molecule is O=Cc1c(Br)sc2cc(CO)ccc12. The first kappa shape index (κ1) is 9.83. The Hall–Kier alpha value is -0.710. The number of benzene rings is 1. The maximum atomic E-state index is 10.8. The predicted molar refractivity (Wildman–Crippen MR) is 60.8 cm³/mol. The van der Waals surface area contributed by atoms with Gasteiger partial charge in [-0.25, -0.2) is 0 Å². The zero-order valence-corrected chi connectivity index (χ0v) is 9.56. The smallest absolute Gasteiger partial charge is 0.152 e. The molecule has 0 radical (unpaired) electrons. The van der Waals surface area contributed by atoms with Crippen molar-refractivity contribution in [2.75, 3.05) is 0 Å². The molecule has 2 rings (SSSR count). The second kappa shape index (κ2) is 3.81. The Labute approximate surface area is 93.3 Å². The third-order valence-electron chi connectivity index (χ3n) is 2.05. The molecule has 0 spiro atoms. The van der Waals surface area contributed by atoms with Gasteiger partial charge in [0.2, 0.25) is 0 Å². The molecular weight excluding hydrogens is 264 g/mol. The topological polar surface area (TPSA) is 37.3 Å². The van der Waals surface area contributed by atoms with Crippen LogP contribution in [-0.4, -0.2) is 11.4 Å². The molecule has 1 N–H and O–H groups in total. The second-order valence-corrected chi connectivity index (χ2v) is 5.27. The van der Waals surface area contributed by atoms with Crippen LogP contribution in [0.15, 0.2) is 22.0 Å². The predicted octanol–water partition coefficient (Wildman–Crippen LogP) is 2.97. The molecule has 0 atom stereocenters. The van der Waals surface area contributed by atoms with E-state index in [0.717, 1.165) is 25.7 Å². The summed E-state index contributed by atoms with van der Waals surface area (Å²) in [6, 6.07) is 5.60. The van der Waals surface area contributed by atoms with Crippen LogP contribution in [0.2, 0.25) is 0 Å². The molecule has 0 unspecified atom stereocenters. The molecule has 0 aliphatic carbocycles. The maximum absolute atomic E-state index is 10.8. The quantitative estimate of drug-likeness (QED) is 0.852. The lowest BCUT2D eigenvalue weighted by molar-refractivity contribution is 0.112. The third-order valence-corrected chi connectivity index (χ3v) is 3.92. The fourth-order valence-corrected chi connectivity index (χ4v) is 3.13. The van der Waals surface area contributed by atoms with Crippen LogP contribution < -0.4 is 0 Å². The van der Waals surface area contributed by atoms with Crippen molar-refractivity contribution in [3.05, 3.63) is 33.1 Å². The van der Waals surface area contributed by atoms with Crippen LogP contribution in [-0.2, 0) is 6.61 Å². The number of halogens is 1. The summed E-state index contributed by atoms with van der Waals surface area (Å²) < 4.78 is 1.86. The van der Waals surface area contributed by atoms with Gasteiger partial charge in [0.25, 0.3) is 0 Å². The Morgan fingerprint density at radius 2 is 2.29 bits per heavy atom. The number of rotatable bonds is 2. The highest BCUT2D eigenvalue weighted by Crippen LogP contribution is 2.34. The fourth-order valence-electron chi connectivity index (χ4n) is 1.34. The van der Waals surface area contributed by atoms with Gasteiger partial charge in [0.1, 0.15) is 0 Å². The van der Waals surface area contributed by atoms with Gasteiger partial charge in [-0.1, -0.05) is 12.1 Å². The molecule has 72 valence electrons. The number of hydrogen-bond donors (Lipinski definition) is 1. The number of carbonyl (C=O) groups excluding carboxylic acids is 1. The van der Waals surface area contributed by atoms with Gasteiger partial charge >= 0.3 is 0 Å². The van der Waals surface area contributed by atoms with E-state index >= 15 is 0 Å². The van der Waals surface area contributed by atoms with Gasteiger partial charge in [-0.05, 0) is 27.6 Å². The van der Waals surface area contributed by atoms with Crippen molar-refractivity contribution >= 4 is 43.6 Å². The summed E-state index contributed by atoms with van der Waals surface area (Å²) >= 11 is 4.85. The Balaban J connectivity index is 2.74. The third kappa shape index (κ3) is 1.49. The van der Waals surface area contributed by atoms with Gasteiger partial charge in [-0.15, -0.1) is 11.3 Å². The van der Waals surface area contributed by atoms with Gasteiger partial charge < -0.3 is 5.11 Å². The van der Waals surface area contributed by atoms with E-state index in [4.69, 9.17) is 5.11 Å². The summed E-state index contributed by atoms with van der Waals surface area (Å²) in [5.74, 6) is 0. The standard InChI is InChI=1S/C10H7BrO2S/c11-10-8(5-13)7-2-1-6(4-12)3-9(7)14-10/h1-3,5,12H,4H2. The van der Waals surface area contributed by atoms with Crippen LogP contribution in [0.25, 0.3) is 10.1 Å². The van der Waals surface area contributed by atoms with Crippen LogP contribution >= 0.6 is 27.3 Å². The number of hydrogen-bond acceptors (Lipinski definition) is 3. The van der Waals surface area contributed by atoms with Crippen LogP contribution in [0.5, 0.6) is 0 Å². The summed E-state index contributed by atoms with van der Waals surface area (Å²) in [5, 5.41) is 9.89. The molecule has 0 saturated heterocycles. The van der Waals surface area contributed by atoms with Crippen molar-refractivity contribution in [3.63, 3.8) is 0 Å². The molecule has 2 nitrogen and oxygen atoms in total. The molecule has 14 heavy (non-hydrogen) atoms. The zero-order valence-electron chi connectivity index (χ0n) is 7.16. The van der Waals surface area contributed by atoms with Crippen molar-refractivity contribution < 1.29 is 9.90 Å². The van der Waals surface area contributed by atoms with E-state index in [9.17, 15) is 4.79 Å². The van der Waals surface area contributed by atoms with Gasteiger partial charge in [-0.3, -0.25) is 4.79 Å². The van der Waals surface area contributed by atoms with Gasteiger partial charge in [0.05, 0.1) is 10.4 Å². The minimum atomic E-state index is 0.0296. The lowest BCUT2D eigenvalue weighted by atomic mass is 10.1. The molecule has 0 saturated carbocycles. The summed E-state index contributed by atoms with van der Waals surface area (Å²) in [7, 11) is 0. The van der Waals surface area contributed by atoms with Gasteiger partial charge in [-0.2, -0.15) is 0 Å². The van der Waals surface area contributed by atoms with E-state index in [2.05, 4.69) is 15.9 Å². The normalized spacial score (nSPS) is 10.7. The summed E-state index contributed by atoms with van der Waals surface area (Å²) in [6.45, 7) is 0.0296. The number of aliphatic hydroxyl groups is 1. The number of thiophene rings is 1. The van der Waals surface area contributed by atoms with Gasteiger partial charge in [0, 0.05) is 15.6 Å². The van der Waals surface area contributed by atoms with Crippen LogP contribution in [0, 0.1) is 0 Å². The zero-order chi connectivity index (χ0) is 10.1. The summed E-state index contributed by atoms with van der Waals surface area (Å²) in [4.78, 5) is 10.8. The highest BCUT2D eigenvalue weighted by molar-refractivity contribution is 9.11. The van der Waals surface area contributed by atoms with Crippen molar-refractivity contribution in [1.82, 2.24) is 0 Å². The first-order valence-corrected chi connectivity index (χ1v) is 5.64. The van der Waals surface area contributed by atoms with E-state index in [1.54, 1.807) is 0 Å². The van der Waals surface area contributed by atoms with Crippen molar-refractivity contribution in [2.45, 2.75) is 6.61 Å². The first-order chi connectivity index (χ1) is 6.76. The monoisotopic (exact) mass is 270 g/mol. The first-order valence-electron chi connectivity index (χ1n) is 4.03. The number of aliphatic hydroxyl groups excluding tert-OH is 1. The molecule has 1 heterocycles. The lowest BCUT2D eigenvalue weighted by Crippen LogP contribution is -1.81. The van der Waals surface area contributed by atoms with Gasteiger partial charge in [0.15, 0.2) is 6.29 Å². The Morgan fingerprint density at radius 3 is 2.93 bits per heavy atom. The number of fused-ring (bicyclic) bond motifs is 1. The maximum Gasteiger partial charge on any atom is 0.152 e. The molecule has 1 aromatic carbocycles. The van der Waals surface area contributed by atoms with E-state index in [0.29, 0.717) is 5.56 Å². The average Bonchev–Trinajstić information content (AvgIpc) is 2.51. The second-order valence-electron chi connectivity index (χ2n) is 2.90. The van der Waals surface area contributed by atoms with E-state index < -0.39 is 0 Å². The summed E-state index contributed by atoms with van der Waals surface area (Å²) in [6.07, 6.45) is 0.849. The van der Waals surface area contributed by atoms with E-state index in [-0.39, 0.29) is 6.61 Å². The van der Waals surface area contributed by atoms with Crippen molar-refractivity contribution in [1.29, 1.82) is 0 Å². The van der Waals surface area contributed by atoms with E-state index in [1.807, 2.05) is 18.2 Å². The van der Waals surface area contributed by atoms with Crippen LogP contribution in [0.1, 0.15) is 15.9 Å². The molecule has 0 aliphatic rings. The highest BCUT2D eigenvalue weighted by atomic mass is 79.9. The molecule has 2 aromatic rings. The van der Waals surface area contributed by atoms with Crippen molar-refractivity contribution in [2.24, 2.45) is 0 Å². The van der Waals surface area contributed by atoms with E-state index in [1.165, 1.54) is 11.3 Å². The molecule has 0 amide bonds. The fraction of sp³-hybridized carbons (Fsp3) is 0.100. The molecule has 0 aliphatic heterocycles. The molecule has 0 fully saturated rings. The average molecular weight is 271 g/mol. The Morgan fingerprint density at radius 1 is 1.50 bits per heavy atom. The summed E-state index contributed by atoms with van der Waals surface area (Å²) in [5.41, 5.74) is 1.55. The largest absolute Gasteiger partial charge is 0.392 e. The molecule has 1 aromatic heterocycles. The molecular formula is C10H7BrO2S. The Bertz CT molecular complexity index is 490. The lowest BCUT2D eigenvalue weighted by Gasteiger charge is -1.95. The molecule has 0 bridgehead atoms. The minimum Gasteiger partial charge on any atom is -0.392 e. The minimum absolute atomic E-state index is 0.0296. The molecule has 4 heteroatoms. The van der Waals surface area contributed by atoms with Crippen molar-refractivity contribution in [3.8, 4) is 0 Å².